The third-order valence-corrected chi connectivity index (χ3v) is 1.55. The first-order valence-corrected chi connectivity index (χ1v) is 3.76. The molecule has 0 aliphatic carbocycles. The van der Waals surface area contributed by atoms with E-state index in [0.717, 1.165) is 0 Å². The quantitative estimate of drug-likeness (QED) is 0.373. The number of nitrogens with zero attached hydrogens (tertiary/aromatic N) is 4. The van der Waals surface area contributed by atoms with Crippen molar-refractivity contribution >= 4 is 5.95 Å². The number of nitro groups is 1. The first-order chi connectivity index (χ1) is 6.67. The first-order valence-electron chi connectivity index (χ1n) is 3.76. The van der Waals surface area contributed by atoms with Crippen molar-refractivity contribution < 1.29 is 14.4 Å². The minimum Gasteiger partial charge on any atom is -0.390 e. The molecule has 0 N–H and O–H groups in total. The summed E-state index contributed by atoms with van der Waals surface area (Å²) in [4.78, 5) is 13.1. The van der Waals surface area contributed by atoms with Gasteiger partial charge in [-0.2, -0.15) is 4.68 Å². The highest BCUT2D eigenvalue weighted by Gasteiger charge is 2.15. The lowest BCUT2D eigenvalue weighted by atomic mass is 10.6. The molecule has 0 atom stereocenters. The van der Waals surface area contributed by atoms with Crippen LogP contribution in [-0.2, 0) is 16.0 Å². The average Bonchev–Trinajstić information content (AvgIpc) is 2.62. The fourth-order valence-electron chi connectivity index (χ4n) is 0.854. The van der Waals surface area contributed by atoms with E-state index in [1.54, 1.807) is 0 Å². The predicted octanol–water partition coefficient (Wildman–Crippen LogP) is -0.195. The monoisotopic (exact) mass is 202 g/mol. The van der Waals surface area contributed by atoms with Crippen molar-refractivity contribution in [2.75, 3.05) is 14.2 Å². The van der Waals surface area contributed by atoms with Gasteiger partial charge in [0.2, 0.25) is 6.33 Å². The largest absolute Gasteiger partial charge is 0.490 e. The summed E-state index contributed by atoms with van der Waals surface area (Å²) in [6.07, 6.45) is 0.764. The van der Waals surface area contributed by atoms with Crippen molar-refractivity contribution in [1.82, 2.24) is 14.8 Å². The van der Waals surface area contributed by atoms with Gasteiger partial charge in [0.15, 0.2) is 6.29 Å². The van der Waals surface area contributed by atoms with E-state index in [1.807, 2.05) is 0 Å². The molecule has 1 aromatic heterocycles. The molecule has 0 amide bonds. The van der Waals surface area contributed by atoms with Crippen LogP contribution in [0.25, 0.3) is 0 Å². The summed E-state index contributed by atoms with van der Waals surface area (Å²) < 4.78 is 11.1. The molecule has 0 unspecified atom stereocenters. The zero-order chi connectivity index (χ0) is 10.6. The molecule has 0 aliphatic heterocycles. The van der Waals surface area contributed by atoms with Crippen LogP contribution in [0.1, 0.15) is 0 Å². The Labute approximate surface area is 79.6 Å². The molecular weight excluding hydrogens is 192 g/mol. The van der Waals surface area contributed by atoms with Crippen molar-refractivity contribution in [3.05, 3.63) is 16.4 Å². The minimum atomic E-state index is -0.662. The molecule has 78 valence electrons. The molecule has 14 heavy (non-hydrogen) atoms. The van der Waals surface area contributed by atoms with Gasteiger partial charge in [-0.15, -0.1) is 0 Å². The van der Waals surface area contributed by atoms with Gasteiger partial charge in [-0.25, -0.2) is 0 Å². The van der Waals surface area contributed by atoms with Gasteiger partial charge in [-0.05, 0) is 4.92 Å². The third kappa shape index (κ3) is 2.47. The van der Waals surface area contributed by atoms with E-state index in [2.05, 4.69) is 10.1 Å². The van der Waals surface area contributed by atoms with E-state index >= 15 is 0 Å². The second-order valence-electron chi connectivity index (χ2n) is 2.42. The first kappa shape index (κ1) is 10.5. The predicted molar refractivity (Wildman–Crippen MR) is 44.5 cm³/mol. The van der Waals surface area contributed by atoms with E-state index in [9.17, 15) is 10.1 Å². The molecule has 0 aromatic carbocycles. The topological polar surface area (TPSA) is 92.3 Å². The molecule has 1 heterocycles. The van der Waals surface area contributed by atoms with Crippen LogP contribution >= 0.6 is 0 Å². The van der Waals surface area contributed by atoms with Crippen LogP contribution in [0, 0.1) is 10.1 Å². The molecule has 8 heteroatoms. The van der Waals surface area contributed by atoms with Gasteiger partial charge in [-0.1, -0.05) is 4.98 Å². The van der Waals surface area contributed by atoms with Crippen molar-refractivity contribution in [1.29, 1.82) is 0 Å². The smallest absolute Gasteiger partial charge is 0.390 e. The Balaban J connectivity index is 2.63. The summed E-state index contributed by atoms with van der Waals surface area (Å²) in [5, 5.41) is 13.8. The van der Waals surface area contributed by atoms with Crippen LogP contribution in [-0.4, -0.2) is 40.2 Å². The van der Waals surface area contributed by atoms with Gasteiger partial charge in [0.05, 0.1) is 0 Å². The molecule has 1 aromatic rings. The van der Waals surface area contributed by atoms with Gasteiger partial charge in [0.25, 0.3) is 0 Å². The van der Waals surface area contributed by atoms with Gasteiger partial charge >= 0.3 is 5.95 Å². The van der Waals surface area contributed by atoms with Crippen molar-refractivity contribution in [3.63, 3.8) is 0 Å². The van der Waals surface area contributed by atoms with Crippen molar-refractivity contribution in [3.8, 4) is 0 Å². The molecule has 0 fully saturated rings. The Hall–Kier alpha value is -1.54. The summed E-state index contributed by atoms with van der Waals surface area (Å²) in [5.41, 5.74) is 0. The number of rotatable bonds is 5. The Kier molecular flexibility index (Phi) is 3.48. The molecule has 0 saturated heterocycles. The van der Waals surface area contributed by atoms with Crippen LogP contribution in [0.4, 0.5) is 5.95 Å². The normalized spacial score (nSPS) is 10.8. The molecule has 0 aliphatic rings. The van der Waals surface area contributed by atoms with Crippen LogP contribution < -0.4 is 0 Å². The van der Waals surface area contributed by atoms with Crippen molar-refractivity contribution in [2.45, 2.75) is 12.8 Å². The lowest BCUT2D eigenvalue weighted by Crippen LogP contribution is -2.20. The molecular formula is C6H10N4O4. The SMILES string of the molecule is COC(Cn1cnc([N+](=O)[O-])n1)OC. The fraction of sp³-hybridized carbons (Fsp3) is 0.667. The second kappa shape index (κ2) is 4.63. The second-order valence-corrected chi connectivity index (χ2v) is 2.42. The molecule has 0 bridgehead atoms. The number of aromatic nitrogens is 3. The number of methoxy groups -OCH3 is 2. The summed E-state index contributed by atoms with van der Waals surface area (Å²) in [7, 11) is 2.94. The van der Waals surface area contributed by atoms with Gasteiger partial charge < -0.3 is 19.6 Å². The zero-order valence-electron chi connectivity index (χ0n) is 7.78. The minimum absolute atomic E-state index is 0.258. The number of hydrogen-bond acceptors (Lipinski definition) is 6. The molecule has 1 rings (SSSR count). The summed E-state index contributed by atoms with van der Waals surface area (Å²) in [5.74, 6) is -0.434. The van der Waals surface area contributed by atoms with Crippen LogP contribution in [0.2, 0.25) is 0 Å². The van der Waals surface area contributed by atoms with E-state index in [0.29, 0.717) is 0 Å². The van der Waals surface area contributed by atoms with Crippen LogP contribution in [0.5, 0.6) is 0 Å². The summed E-state index contributed by atoms with van der Waals surface area (Å²) >= 11 is 0. The summed E-state index contributed by atoms with van der Waals surface area (Å²) in [6, 6.07) is 0. The standard InChI is InChI=1S/C6H10N4O4/c1-13-5(14-2)3-9-4-7-6(8-9)10(11)12/h4-5H,3H2,1-2H3. The Morgan fingerprint density at radius 3 is 2.71 bits per heavy atom. The number of hydrogen-bond donors (Lipinski definition) is 0. The maximum Gasteiger partial charge on any atom is 0.490 e. The van der Waals surface area contributed by atoms with Gasteiger partial charge in [0, 0.05) is 19.3 Å². The van der Waals surface area contributed by atoms with Gasteiger partial charge in [-0.3, -0.25) is 0 Å². The summed E-state index contributed by atoms with van der Waals surface area (Å²) in [6.45, 7) is 0.258. The van der Waals surface area contributed by atoms with E-state index in [1.165, 1.54) is 25.2 Å². The molecule has 8 nitrogen and oxygen atoms in total. The molecule has 0 spiro atoms. The maximum atomic E-state index is 10.2. The lowest BCUT2D eigenvalue weighted by Gasteiger charge is -2.10. The number of ether oxygens (including phenoxy) is 2. The Bertz CT molecular complexity index is 309. The van der Waals surface area contributed by atoms with Crippen LogP contribution in [0.3, 0.4) is 0 Å². The van der Waals surface area contributed by atoms with E-state index in [4.69, 9.17) is 9.47 Å². The highest BCUT2D eigenvalue weighted by molar-refractivity contribution is 4.96. The lowest BCUT2D eigenvalue weighted by molar-refractivity contribution is -0.394. The Morgan fingerprint density at radius 1 is 1.64 bits per heavy atom. The maximum absolute atomic E-state index is 10.2. The highest BCUT2D eigenvalue weighted by atomic mass is 16.7. The molecule has 0 radical (unpaired) electrons. The van der Waals surface area contributed by atoms with Crippen molar-refractivity contribution in [2.24, 2.45) is 0 Å². The zero-order valence-corrected chi connectivity index (χ0v) is 7.78. The van der Waals surface area contributed by atoms with E-state index < -0.39 is 17.2 Å². The highest BCUT2D eigenvalue weighted by Crippen LogP contribution is 2.02. The third-order valence-electron chi connectivity index (χ3n) is 1.55. The fourth-order valence-corrected chi connectivity index (χ4v) is 0.854. The molecule has 0 saturated carbocycles. The Morgan fingerprint density at radius 2 is 2.29 bits per heavy atom. The van der Waals surface area contributed by atoms with Gasteiger partial charge in [0.1, 0.15) is 6.54 Å². The van der Waals surface area contributed by atoms with E-state index in [-0.39, 0.29) is 6.54 Å². The average molecular weight is 202 g/mol. The van der Waals surface area contributed by atoms with Crippen LogP contribution in [0.15, 0.2) is 6.33 Å².